The molecular formula is C18H24IN5O2. The molecule has 8 heteroatoms. The molecule has 0 bridgehead atoms. The standard InChI is InChI=1S/C18H23N5O2.HI/c1-11-21-17(25-23-11)16-8-7-15(24-16)10-20-18(19)22-14-6-5-12-3-2-4-13(12)9-14;/h5-6,9,15-16H,2-4,7-8,10H2,1H3,(H3,19,20,22);1H/t15-,16+;/m1./s1. The number of halogens is 1. The van der Waals surface area contributed by atoms with E-state index in [0.29, 0.717) is 24.2 Å². The lowest BCUT2D eigenvalue weighted by Gasteiger charge is -2.11. The van der Waals surface area contributed by atoms with Crippen LogP contribution in [0.5, 0.6) is 0 Å². The molecule has 140 valence electrons. The number of benzene rings is 1. The van der Waals surface area contributed by atoms with Crippen LogP contribution in [-0.2, 0) is 17.6 Å². The van der Waals surface area contributed by atoms with E-state index >= 15 is 0 Å². The van der Waals surface area contributed by atoms with Gasteiger partial charge in [0, 0.05) is 5.69 Å². The van der Waals surface area contributed by atoms with E-state index in [2.05, 4.69) is 38.6 Å². The van der Waals surface area contributed by atoms with Gasteiger partial charge in [-0.25, -0.2) is 0 Å². The maximum absolute atomic E-state index is 6.02. The van der Waals surface area contributed by atoms with Gasteiger partial charge in [-0.1, -0.05) is 11.2 Å². The van der Waals surface area contributed by atoms with Gasteiger partial charge in [-0.15, -0.1) is 24.0 Å². The highest BCUT2D eigenvalue weighted by atomic mass is 127. The molecule has 3 N–H and O–H groups in total. The molecule has 1 fully saturated rings. The van der Waals surface area contributed by atoms with Crippen LogP contribution in [0, 0.1) is 6.92 Å². The second-order valence-corrected chi connectivity index (χ2v) is 6.69. The molecule has 2 heterocycles. The Kier molecular flexibility index (Phi) is 6.13. The molecule has 1 aromatic carbocycles. The Morgan fingerprint density at radius 2 is 2.15 bits per heavy atom. The van der Waals surface area contributed by atoms with Crippen LogP contribution in [0.2, 0.25) is 0 Å². The molecule has 1 saturated heterocycles. The first kappa shape index (κ1) is 19.1. The quantitative estimate of drug-likeness (QED) is 0.406. The van der Waals surface area contributed by atoms with Crippen molar-refractivity contribution in [1.82, 2.24) is 10.1 Å². The van der Waals surface area contributed by atoms with Crippen LogP contribution in [0.25, 0.3) is 0 Å². The van der Waals surface area contributed by atoms with Crippen molar-refractivity contribution in [3.63, 3.8) is 0 Å². The van der Waals surface area contributed by atoms with Crippen LogP contribution in [-0.4, -0.2) is 28.7 Å². The van der Waals surface area contributed by atoms with E-state index < -0.39 is 0 Å². The number of rotatable bonds is 4. The van der Waals surface area contributed by atoms with Gasteiger partial charge in [-0.2, -0.15) is 4.98 Å². The van der Waals surface area contributed by atoms with Crippen LogP contribution in [0.4, 0.5) is 5.69 Å². The number of nitrogens with one attached hydrogen (secondary N) is 1. The van der Waals surface area contributed by atoms with Crippen molar-refractivity contribution in [3.8, 4) is 0 Å². The molecule has 26 heavy (non-hydrogen) atoms. The Bertz CT molecular complexity index is 792. The Morgan fingerprint density at radius 3 is 2.96 bits per heavy atom. The number of aryl methyl sites for hydroxylation is 3. The van der Waals surface area contributed by atoms with Crippen molar-refractivity contribution in [2.75, 3.05) is 11.9 Å². The van der Waals surface area contributed by atoms with Crippen molar-refractivity contribution in [1.29, 1.82) is 0 Å². The Hall–Kier alpha value is -1.68. The molecule has 2 aromatic rings. The molecule has 0 saturated carbocycles. The van der Waals surface area contributed by atoms with Gasteiger partial charge in [0.1, 0.15) is 6.10 Å². The number of fused-ring (bicyclic) bond motifs is 1. The van der Waals surface area contributed by atoms with E-state index in [1.807, 2.05) is 0 Å². The van der Waals surface area contributed by atoms with Gasteiger partial charge >= 0.3 is 0 Å². The summed E-state index contributed by atoms with van der Waals surface area (Å²) in [5.41, 5.74) is 9.87. The number of anilines is 1. The van der Waals surface area contributed by atoms with E-state index in [-0.39, 0.29) is 36.2 Å². The van der Waals surface area contributed by atoms with Gasteiger partial charge in [-0.05, 0) is 62.3 Å². The first-order valence-corrected chi connectivity index (χ1v) is 8.82. The van der Waals surface area contributed by atoms with Crippen molar-refractivity contribution >= 4 is 35.6 Å². The molecule has 2 aliphatic rings. The molecule has 4 rings (SSSR count). The molecule has 1 aromatic heterocycles. The third kappa shape index (κ3) is 4.35. The van der Waals surface area contributed by atoms with Crippen LogP contribution in [0.1, 0.15) is 48.2 Å². The Morgan fingerprint density at radius 1 is 1.31 bits per heavy atom. The first-order chi connectivity index (χ1) is 12.2. The monoisotopic (exact) mass is 469 g/mol. The first-order valence-electron chi connectivity index (χ1n) is 8.82. The molecule has 7 nitrogen and oxygen atoms in total. The fourth-order valence-corrected chi connectivity index (χ4v) is 3.50. The lowest BCUT2D eigenvalue weighted by atomic mass is 10.1. The summed E-state index contributed by atoms with van der Waals surface area (Å²) in [4.78, 5) is 8.65. The molecule has 1 aliphatic heterocycles. The largest absolute Gasteiger partial charge is 0.370 e. The molecule has 0 unspecified atom stereocenters. The summed E-state index contributed by atoms with van der Waals surface area (Å²) >= 11 is 0. The zero-order valence-electron chi connectivity index (χ0n) is 14.8. The predicted molar refractivity (Wildman–Crippen MR) is 110 cm³/mol. The number of hydrogen-bond acceptors (Lipinski definition) is 5. The zero-order valence-corrected chi connectivity index (χ0v) is 17.1. The lowest BCUT2D eigenvalue weighted by Crippen LogP contribution is -2.24. The van der Waals surface area contributed by atoms with Gasteiger partial charge in [0.2, 0.25) is 0 Å². The second-order valence-electron chi connectivity index (χ2n) is 6.69. The van der Waals surface area contributed by atoms with Gasteiger partial charge in [0.25, 0.3) is 5.89 Å². The fraction of sp³-hybridized carbons (Fsp3) is 0.500. The lowest BCUT2D eigenvalue weighted by molar-refractivity contribution is 0.0309. The van der Waals surface area contributed by atoms with Crippen LogP contribution in [0.15, 0.2) is 27.7 Å². The number of hydrogen-bond donors (Lipinski definition) is 2. The third-order valence-corrected chi connectivity index (χ3v) is 4.76. The third-order valence-electron chi connectivity index (χ3n) is 4.76. The maximum atomic E-state index is 6.02. The number of aromatic nitrogens is 2. The highest BCUT2D eigenvalue weighted by Gasteiger charge is 2.30. The molecule has 0 radical (unpaired) electrons. The van der Waals surface area contributed by atoms with E-state index in [1.165, 1.54) is 24.0 Å². The van der Waals surface area contributed by atoms with Crippen LogP contribution < -0.4 is 11.1 Å². The SMILES string of the molecule is Cc1noc([C@@H]2CC[C@H](CN=C(N)Nc3ccc4c(c3)CCC4)O2)n1.I. The number of aliphatic imine (C=N–C) groups is 1. The van der Waals surface area contributed by atoms with Gasteiger partial charge in [0.05, 0.1) is 12.6 Å². The summed E-state index contributed by atoms with van der Waals surface area (Å²) in [7, 11) is 0. The number of nitrogens with two attached hydrogens (primary N) is 1. The highest BCUT2D eigenvalue weighted by molar-refractivity contribution is 14.0. The van der Waals surface area contributed by atoms with Crippen LogP contribution >= 0.6 is 24.0 Å². The van der Waals surface area contributed by atoms with E-state index in [4.69, 9.17) is 15.0 Å². The summed E-state index contributed by atoms with van der Waals surface area (Å²) in [6.07, 6.45) is 5.22. The van der Waals surface area contributed by atoms with E-state index in [1.54, 1.807) is 6.92 Å². The fourth-order valence-electron chi connectivity index (χ4n) is 3.50. The van der Waals surface area contributed by atoms with Crippen molar-refractivity contribution in [3.05, 3.63) is 41.0 Å². The summed E-state index contributed by atoms with van der Waals surface area (Å²) in [5, 5.41) is 6.98. The minimum Gasteiger partial charge on any atom is -0.370 e. The molecule has 1 aliphatic carbocycles. The van der Waals surface area contributed by atoms with Gasteiger partial charge in [0.15, 0.2) is 11.8 Å². The topological polar surface area (TPSA) is 98.6 Å². The summed E-state index contributed by atoms with van der Waals surface area (Å²) in [5.74, 6) is 1.59. The van der Waals surface area contributed by atoms with Crippen molar-refractivity contribution < 1.29 is 9.26 Å². The Labute approximate surface area is 169 Å². The van der Waals surface area contributed by atoms with Crippen LogP contribution in [0.3, 0.4) is 0 Å². The Balaban J connectivity index is 0.00000196. The molecule has 0 spiro atoms. The summed E-state index contributed by atoms with van der Waals surface area (Å²) < 4.78 is 11.1. The smallest absolute Gasteiger partial charge is 0.255 e. The minimum atomic E-state index is -0.132. The molecule has 0 amide bonds. The van der Waals surface area contributed by atoms with Gasteiger partial charge in [-0.3, -0.25) is 4.99 Å². The average molecular weight is 469 g/mol. The predicted octanol–water partition coefficient (Wildman–Crippen LogP) is 3.13. The highest BCUT2D eigenvalue weighted by Crippen LogP contribution is 2.31. The number of guanidine groups is 1. The van der Waals surface area contributed by atoms with Crippen molar-refractivity contribution in [2.45, 2.75) is 51.2 Å². The molecular weight excluding hydrogens is 445 g/mol. The van der Waals surface area contributed by atoms with Gasteiger partial charge < -0.3 is 20.3 Å². The number of nitrogens with zero attached hydrogens (tertiary/aromatic N) is 3. The zero-order chi connectivity index (χ0) is 17.2. The second kappa shape index (κ2) is 8.34. The summed E-state index contributed by atoms with van der Waals surface area (Å²) in [6, 6.07) is 6.41. The van der Waals surface area contributed by atoms with E-state index in [9.17, 15) is 0 Å². The normalized spacial score (nSPS) is 22.1. The minimum absolute atomic E-state index is 0. The van der Waals surface area contributed by atoms with Crippen molar-refractivity contribution in [2.24, 2.45) is 10.7 Å². The van der Waals surface area contributed by atoms with E-state index in [0.717, 1.165) is 24.9 Å². The molecule has 2 atom stereocenters. The summed E-state index contributed by atoms with van der Waals surface area (Å²) in [6.45, 7) is 2.32. The number of ether oxygens (including phenoxy) is 1. The average Bonchev–Trinajstić information content (AvgIpc) is 3.32. The maximum Gasteiger partial charge on any atom is 0.255 e.